The summed E-state index contributed by atoms with van der Waals surface area (Å²) in [7, 11) is -4.76. The van der Waals surface area contributed by atoms with Gasteiger partial charge in [-0.25, -0.2) is 17.5 Å². The molecule has 0 saturated carbocycles. The third-order valence-electron chi connectivity index (χ3n) is 4.84. The number of benzene rings is 2. The van der Waals surface area contributed by atoms with Crippen LogP contribution in [0.1, 0.15) is 11.1 Å². The van der Waals surface area contributed by atoms with Gasteiger partial charge in [0.25, 0.3) is 0 Å². The van der Waals surface area contributed by atoms with Gasteiger partial charge in [-0.15, -0.1) is 15.3 Å². The van der Waals surface area contributed by atoms with Gasteiger partial charge in [0, 0.05) is 18.2 Å². The van der Waals surface area contributed by atoms with Crippen molar-refractivity contribution in [2.45, 2.75) is 17.2 Å². The van der Waals surface area contributed by atoms with Crippen LogP contribution in [0.2, 0.25) is 0 Å². The Morgan fingerprint density at radius 2 is 1.57 bits per heavy atom. The van der Waals surface area contributed by atoms with E-state index in [1.165, 1.54) is 34.8 Å². The van der Waals surface area contributed by atoms with E-state index in [-0.39, 0.29) is 42.2 Å². The SMILES string of the molecule is O=S(=O)(NCCOc1ccc2nnc(-c3cccc(F)c3)n2n1)c1cc(C(F)(F)F)cc(C(F)(F)F)c1. The van der Waals surface area contributed by atoms with Crippen molar-refractivity contribution in [3.63, 3.8) is 0 Å². The van der Waals surface area contributed by atoms with Crippen molar-refractivity contribution in [3.05, 3.63) is 71.5 Å². The van der Waals surface area contributed by atoms with Gasteiger partial charge in [0.05, 0.1) is 16.0 Å². The summed E-state index contributed by atoms with van der Waals surface area (Å²) >= 11 is 0. The van der Waals surface area contributed by atoms with Gasteiger partial charge in [-0.1, -0.05) is 12.1 Å². The normalized spacial score (nSPS) is 12.7. The van der Waals surface area contributed by atoms with Crippen LogP contribution in [0.25, 0.3) is 17.0 Å². The molecule has 16 heteroatoms. The highest BCUT2D eigenvalue weighted by molar-refractivity contribution is 7.89. The first-order valence-corrected chi connectivity index (χ1v) is 11.6. The van der Waals surface area contributed by atoms with Crippen LogP contribution < -0.4 is 9.46 Å². The summed E-state index contributed by atoms with van der Waals surface area (Å²) in [6.07, 6.45) is -10.4. The molecular weight excluding hydrogens is 535 g/mol. The molecule has 37 heavy (non-hydrogen) atoms. The smallest absolute Gasteiger partial charge is 0.416 e. The fraction of sp³-hybridized carbons (Fsp3) is 0.190. The zero-order chi connectivity index (χ0) is 27.0. The number of rotatable bonds is 7. The predicted octanol–water partition coefficient (Wildman–Crippen LogP) is 4.33. The van der Waals surface area contributed by atoms with E-state index >= 15 is 0 Å². The fourth-order valence-electron chi connectivity index (χ4n) is 3.15. The zero-order valence-electron chi connectivity index (χ0n) is 18.2. The largest absolute Gasteiger partial charge is 0.475 e. The summed E-state index contributed by atoms with van der Waals surface area (Å²) in [6, 6.07) is 8.34. The lowest BCUT2D eigenvalue weighted by Gasteiger charge is -2.15. The van der Waals surface area contributed by atoms with Crippen molar-refractivity contribution < 1.29 is 43.9 Å². The Labute approximate surface area is 203 Å². The summed E-state index contributed by atoms with van der Waals surface area (Å²) < 4.78 is 125. The summed E-state index contributed by atoms with van der Waals surface area (Å²) in [4.78, 5) is -1.21. The minimum Gasteiger partial charge on any atom is -0.475 e. The molecule has 0 unspecified atom stereocenters. The molecule has 0 spiro atoms. The monoisotopic (exact) mass is 549 g/mol. The van der Waals surface area contributed by atoms with E-state index in [1.807, 2.05) is 4.72 Å². The first-order valence-electron chi connectivity index (χ1n) is 10.1. The molecule has 2 aromatic heterocycles. The van der Waals surface area contributed by atoms with Gasteiger partial charge >= 0.3 is 12.4 Å². The fourth-order valence-corrected chi connectivity index (χ4v) is 4.24. The number of sulfonamides is 1. The minimum absolute atomic E-state index is 0.0393. The van der Waals surface area contributed by atoms with Gasteiger partial charge in [0.15, 0.2) is 11.5 Å². The number of nitrogens with one attached hydrogen (secondary N) is 1. The van der Waals surface area contributed by atoms with Crippen molar-refractivity contribution in [2.24, 2.45) is 0 Å². The first kappa shape index (κ1) is 26.3. The lowest BCUT2D eigenvalue weighted by atomic mass is 10.1. The second-order valence-corrected chi connectivity index (χ2v) is 9.23. The average molecular weight is 549 g/mol. The maximum absolute atomic E-state index is 13.6. The molecule has 4 aromatic rings. The van der Waals surface area contributed by atoms with Crippen LogP contribution in [-0.4, -0.2) is 41.4 Å². The third-order valence-corrected chi connectivity index (χ3v) is 6.28. The van der Waals surface area contributed by atoms with E-state index in [1.54, 1.807) is 6.07 Å². The molecule has 2 heterocycles. The molecule has 0 aliphatic carbocycles. The van der Waals surface area contributed by atoms with Crippen LogP contribution in [0, 0.1) is 5.82 Å². The Hall–Kier alpha value is -3.79. The summed E-state index contributed by atoms with van der Waals surface area (Å²) in [6.45, 7) is -0.904. The molecule has 2 aromatic carbocycles. The standard InChI is InChI=1S/C21H14F7N5O3S/c22-15-3-1-2-12(8-15)19-31-30-17-4-5-18(32-33(17)19)36-7-6-29-37(34,35)16-10-13(20(23,24)25)9-14(11-16)21(26,27)28/h1-5,8-11,29H,6-7H2. The Kier molecular flexibility index (Phi) is 6.81. The molecule has 196 valence electrons. The Morgan fingerprint density at radius 1 is 0.892 bits per heavy atom. The first-order chi connectivity index (χ1) is 17.2. The number of hydrogen-bond acceptors (Lipinski definition) is 6. The van der Waals surface area contributed by atoms with Crippen LogP contribution in [-0.2, 0) is 22.4 Å². The van der Waals surface area contributed by atoms with Crippen molar-refractivity contribution in [3.8, 4) is 17.3 Å². The second-order valence-electron chi connectivity index (χ2n) is 7.46. The average Bonchev–Trinajstić information content (AvgIpc) is 3.24. The molecule has 0 bridgehead atoms. The van der Waals surface area contributed by atoms with Crippen molar-refractivity contribution in [2.75, 3.05) is 13.2 Å². The van der Waals surface area contributed by atoms with Crippen LogP contribution >= 0.6 is 0 Å². The molecule has 0 fully saturated rings. The van der Waals surface area contributed by atoms with Crippen molar-refractivity contribution in [1.82, 2.24) is 24.5 Å². The van der Waals surface area contributed by atoms with Crippen LogP contribution in [0.4, 0.5) is 30.7 Å². The van der Waals surface area contributed by atoms with Crippen LogP contribution in [0.15, 0.2) is 59.5 Å². The molecule has 0 aliphatic heterocycles. The highest BCUT2D eigenvalue weighted by Gasteiger charge is 2.38. The summed E-state index contributed by atoms with van der Waals surface area (Å²) in [5, 5.41) is 12.0. The van der Waals surface area contributed by atoms with E-state index in [4.69, 9.17) is 4.74 Å². The topological polar surface area (TPSA) is 98.5 Å². The van der Waals surface area contributed by atoms with E-state index < -0.39 is 50.8 Å². The van der Waals surface area contributed by atoms with E-state index in [0.29, 0.717) is 5.56 Å². The quantitative estimate of drug-likeness (QED) is 0.272. The number of nitrogens with zero attached hydrogens (tertiary/aromatic N) is 4. The Balaban J connectivity index is 1.48. The van der Waals surface area contributed by atoms with Crippen molar-refractivity contribution >= 4 is 15.7 Å². The molecule has 1 N–H and O–H groups in total. The second kappa shape index (κ2) is 9.59. The van der Waals surface area contributed by atoms with Gasteiger partial charge in [-0.05, 0) is 36.4 Å². The molecule has 0 saturated heterocycles. The number of alkyl halides is 6. The molecule has 0 amide bonds. The van der Waals surface area contributed by atoms with Gasteiger partial charge in [-0.3, -0.25) is 0 Å². The maximum Gasteiger partial charge on any atom is 0.416 e. The molecule has 0 aliphatic rings. The van der Waals surface area contributed by atoms with Crippen LogP contribution in [0.3, 0.4) is 0 Å². The Morgan fingerprint density at radius 3 is 2.19 bits per heavy atom. The number of aromatic nitrogens is 4. The summed E-state index contributed by atoms with van der Waals surface area (Å²) in [5.74, 6) is -0.370. The Bertz CT molecular complexity index is 1520. The number of fused-ring (bicyclic) bond motifs is 1. The van der Waals surface area contributed by atoms with Gasteiger partial charge in [0.2, 0.25) is 15.9 Å². The highest BCUT2D eigenvalue weighted by Crippen LogP contribution is 2.37. The number of halogens is 7. The lowest BCUT2D eigenvalue weighted by Crippen LogP contribution is -2.29. The van der Waals surface area contributed by atoms with E-state index in [9.17, 15) is 39.2 Å². The summed E-state index contributed by atoms with van der Waals surface area (Å²) in [5.41, 5.74) is -2.87. The molecule has 4 rings (SSSR count). The zero-order valence-corrected chi connectivity index (χ0v) is 19.0. The minimum atomic E-state index is -5.20. The van der Waals surface area contributed by atoms with E-state index in [0.717, 1.165) is 0 Å². The van der Waals surface area contributed by atoms with Crippen molar-refractivity contribution in [1.29, 1.82) is 0 Å². The highest BCUT2D eigenvalue weighted by atomic mass is 32.2. The molecular formula is C21H14F7N5O3S. The van der Waals surface area contributed by atoms with Gasteiger partial charge in [0.1, 0.15) is 12.4 Å². The van der Waals surface area contributed by atoms with Gasteiger partial charge < -0.3 is 4.74 Å². The van der Waals surface area contributed by atoms with E-state index in [2.05, 4.69) is 15.3 Å². The third kappa shape index (κ3) is 5.96. The maximum atomic E-state index is 13.6. The molecule has 0 atom stereocenters. The van der Waals surface area contributed by atoms with Crippen LogP contribution in [0.5, 0.6) is 5.88 Å². The lowest BCUT2D eigenvalue weighted by molar-refractivity contribution is -0.143. The number of ether oxygens (including phenoxy) is 1. The molecule has 8 nitrogen and oxygen atoms in total. The predicted molar refractivity (Wildman–Crippen MR) is 113 cm³/mol. The van der Waals surface area contributed by atoms with Gasteiger partial charge in [-0.2, -0.15) is 30.9 Å². The molecule has 0 radical (unpaired) electrons. The number of hydrogen-bond donors (Lipinski definition) is 1.